The molecule has 1 aliphatic rings. The zero-order valence-corrected chi connectivity index (χ0v) is 13.8. The van der Waals surface area contributed by atoms with Gasteiger partial charge in [0, 0.05) is 30.6 Å². The van der Waals surface area contributed by atoms with E-state index in [-0.39, 0.29) is 4.75 Å². The molecule has 1 fully saturated rings. The molecule has 1 aromatic rings. The number of thioether (sulfide) groups is 1. The Balaban J connectivity index is 1.96. The van der Waals surface area contributed by atoms with Gasteiger partial charge in [0.2, 0.25) is 5.89 Å². The lowest BCUT2D eigenvalue weighted by Gasteiger charge is -2.39. The summed E-state index contributed by atoms with van der Waals surface area (Å²) in [5.74, 6) is 3.65. The molecule has 2 rings (SSSR count). The van der Waals surface area contributed by atoms with E-state index in [1.807, 2.05) is 32.7 Å². The second-order valence-corrected chi connectivity index (χ2v) is 7.48. The Morgan fingerprint density at radius 1 is 1.50 bits per heavy atom. The number of aryl methyl sites for hydroxylation is 2. The summed E-state index contributed by atoms with van der Waals surface area (Å²) in [6.07, 6.45) is 0. The molecule has 0 saturated carbocycles. The normalized spacial score (nSPS) is 19.2. The summed E-state index contributed by atoms with van der Waals surface area (Å²) in [5, 5.41) is 3.34. The molecule has 0 atom stereocenters. The lowest BCUT2D eigenvalue weighted by atomic mass is 10.2. The molecule has 2 heterocycles. The van der Waals surface area contributed by atoms with Gasteiger partial charge in [-0.3, -0.25) is 4.99 Å². The minimum absolute atomic E-state index is 0.270. The number of aromatic nitrogens is 1. The monoisotopic (exact) mass is 296 g/mol. The quantitative estimate of drug-likeness (QED) is 0.670. The van der Waals surface area contributed by atoms with Gasteiger partial charge in [-0.2, -0.15) is 11.8 Å². The summed E-state index contributed by atoms with van der Waals surface area (Å²) in [7, 11) is 1.82. The predicted molar refractivity (Wildman–Crippen MR) is 84.3 cm³/mol. The van der Waals surface area contributed by atoms with Crippen LogP contribution in [-0.4, -0.2) is 46.5 Å². The Hall–Kier alpha value is -1.17. The molecule has 20 heavy (non-hydrogen) atoms. The van der Waals surface area contributed by atoms with Gasteiger partial charge in [0.05, 0.1) is 12.2 Å². The summed E-state index contributed by atoms with van der Waals surface area (Å²) >= 11 is 2.02. The van der Waals surface area contributed by atoms with Crippen LogP contribution in [0.4, 0.5) is 0 Å². The Kier molecular flexibility index (Phi) is 4.62. The highest BCUT2D eigenvalue weighted by atomic mass is 32.2. The molecule has 0 aliphatic carbocycles. The predicted octanol–water partition coefficient (Wildman–Crippen LogP) is 2.19. The molecular formula is C14H24N4OS. The number of nitrogens with one attached hydrogen (secondary N) is 1. The molecule has 0 unspecified atom stereocenters. The van der Waals surface area contributed by atoms with Crippen LogP contribution < -0.4 is 5.32 Å². The van der Waals surface area contributed by atoms with Gasteiger partial charge >= 0.3 is 0 Å². The molecular weight excluding hydrogens is 272 g/mol. The summed E-state index contributed by atoms with van der Waals surface area (Å²) in [4.78, 5) is 11.1. The third-order valence-corrected chi connectivity index (χ3v) is 4.70. The van der Waals surface area contributed by atoms with E-state index in [0.29, 0.717) is 12.4 Å². The average molecular weight is 296 g/mol. The first-order chi connectivity index (χ1) is 9.41. The van der Waals surface area contributed by atoms with Crippen molar-refractivity contribution < 1.29 is 4.42 Å². The molecule has 1 aromatic heterocycles. The van der Waals surface area contributed by atoms with Gasteiger partial charge in [0.15, 0.2) is 5.96 Å². The first kappa shape index (κ1) is 15.2. The van der Waals surface area contributed by atoms with Crippen molar-refractivity contribution in [2.24, 2.45) is 4.99 Å². The molecule has 0 radical (unpaired) electrons. The first-order valence-electron chi connectivity index (χ1n) is 6.94. The van der Waals surface area contributed by atoms with Crippen molar-refractivity contribution in [2.45, 2.75) is 39.0 Å². The summed E-state index contributed by atoms with van der Waals surface area (Å²) in [6.45, 7) is 11.0. The van der Waals surface area contributed by atoms with Gasteiger partial charge in [-0.25, -0.2) is 4.98 Å². The maximum Gasteiger partial charge on any atom is 0.214 e. The van der Waals surface area contributed by atoms with Crippen LogP contribution in [0.1, 0.15) is 31.2 Å². The van der Waals surface area contributed by atoms with Crippen molar-refractivity contribution in [3.05, 3.63) is 17.3 Å². The maximum atomic E-state index is 5.59. The van der Waals surface area contributed by atoms with E-state index in [0.717, 1.165) is 36.3 Å². The molecule has 0 amide bonds. The zero-order valence-electron chi connectivity index (χ0n) is 13.0. The minimum Gasteiger partial charge on any atom is -0.444 e. The van der Waals surface area contributed by atoms with Crippen molar-refractivity contribution in [3.8, 4) is 0 Å². The Labute approximate surface area is 125 Å². The van der Waals surface area contributed by atoms with Crippen LogP contribution >= 0.6 is 11.8 Å². The molecule has 1 aliphatic heterocycles. The number of hydrogen-bond donors (Lipinski definition) is 1. The van der Waals surface area contributed by atoms with Crippen LogP contribution in [-0.2, 0) is 6.54 Å². The van der Waals surface area contributed by atoms with E-state index in [1.54, 1.807) is 0 Å². The number of guanidine groups is 1. The third-order valence-electron chi connectivity index (χ3n) is 3.41. The van der Waals surface area contributed by atoms with E-state index in [1.165, 1.54) is 0 Å². The summed E-state index contributed by atoms with van der Waals surface area (Å²) < 4.78 is 5.86. The van der Waals surface area contributed by atoms with Crippen molar-refractivity contribution >= 4 is 17.7 Å². The Bertz CT molecular complexity index is 476. The van der Waals surface area contributed by atoms with Gasteiger partial charge < -0.3 is 14.6 Å². The maximum absolute atomic E-state index is 5.59. The highest BCUT2D eigenvalue weighted by molar-refractivity contribution is 8.00. The smallest absolute Gasteiger partial charge is 0.214 e. The SMILES string of the molecule is CN=C(NCc1nc(C)c(C)o1)N1CCSC(C)(C)C1. The lowest BCUT2D eigenvalue weighted by molar-refractivity contribution is 0.371. The van der Waals surface area contributed by atoms with Crippen LogP contribution in [0.2, 0.25) is 0 Å². The summed E-state index contributed by atoms with van der Waals surface area (Å²) in [5.41, 5.74) is 0.951. The third kappa shape index (κ3) is 3.69. The number of rotatable bonds is 2. The lowest BCUT2D eigenvalue weighted by Crippen LogP contribution is -2.50. The minimum atomic E-state index is 0.270. The van der Waals surface area contributed by atoms with Crippen LogP contribution in [0.15, 0.2) is 9.41 Å². The highest BCUT2D eigenvalue weighted by Crippen LogP contribution is 2.29. The fraction of sp³-hybridized carbons (Fsp3) is 0.714. The zero-order chi connectivity index (χ0) is 14.8. The van der Waals surface area contributed by atoms with Gasteiger partial charge in [0.1, 0.15) is 5.76 Å². The molecule has 1 saturated heterocycles. The first-order valence-corrected chi connectivity index (χ1v) is 7.92. The standard InChI is InChI=1S/C14H24N4OS/c1-10-11(2)19-12(17-10)8-16-13(15-5)18-6-7-20-14(3,4)9-18/h6-9H2,1-5H3,(H,15,16). The van der Waals surface area contributed by atoms with Crippen molar-refractivity contribution in [2.75, 3.05) is 25.9 Å². The van der Waals surface area contributed by atoms with Crippen LogP contribution in [0, 0.1) is 13.8 Å². The van der Waals surface area contributed by atoms with Crippen LogP contribution in [0.5, 0.6) is 0 Å². The molecule has 0 spiro atoms. The van der Waals surface area contributed by atoms with Crippen LogP contribution in [0.3, 0.4) is 0 Å². The van der Waals surface area contributed by atoms with Crippen molar-refractivity contribution in [1.29, 1.82) is 0 Å². The van der Waals surface area contributed by atoms with E-state index < -0.39 is 0 Å². The van der Waals surface area contributed by atoms with E-state index >= 15 is 0 Å². The van der Waals surface area contributed by atoms with E-state index in [4.69, 9.17) is 4.42 Å². The fourth-order valence-corrected chi connectivity index (χ4v) is 3.41. The van der Waals surface area contributed by atoms with Crippen molar-refractivity contribution in [1.82, 2.24) is 15.2 Å². The van der Waals surface area contributed by atoms with Gasteiger partial charge in [-0.15, -0.1) is 0 Å². The average Bonchev–Trinajstić information content (AvgIpc) is 2.68. The van der Waals surface area contributed by atoms with Gasteiger partial charge in [0.25, 0.3) is 0 Å². The van der Waals surface area contributed by atoms with Crippen LogP contribution in [0.25, 0.3) is 0 Å². The summed E-state index contributed by atoms with van der Waals surface area (Å²) in [6, 6.07) is 0. The molecule has 112 valence electrons. The Morgan fingerprint density at radius 3 is 2.80 bits per heavy atom. The van der Waals surface area contributed by atoms with E-state index in [2.05, 4.69) is 34.0 Å². The number of oxazole rings is 1. The number of hydrogen-bond acceptors (Lipinski definition) is 4. The largest absolute Gasteiger partial charge is 0.444 e. The molecule has 6 heteroatoms. The molecule has 5 nitrogen and oxygen atoms in total. The highest BCUT2D eigenvalue weighted by Gasteiger charge is 2.28. The van der Waals surface area contributed by atoms with Crippen molar-refractivity contribution in [3.63, 3.8) is 0 Å². The molecule has 1 N–H and O–H groups in total. The van der Waals surface area contributed by atoms with E-state index in [9.17, 15) is 0 Å². The molecule has 0 bridgehead atoms. The van der Waals surface area contributed by atoms with Gasteiger partial charge in [-0.1, -0.05) is 0 Å². The number of aliphatic imine (C=N–C) groups is 1. The second-order valence-electron chi connectivity index (χ2n) is 5.68. The topological polar surface area (TPSA) is 53.7 Å². The second kappa shape index (κ2) is 6.08. The Morgan fingerprint density at radius 2 is 2.25 bits per heavy atom. The fourth-order valence-electron chi connectivity index (χ4n) is 2.30. The molecule has 0 aromatic carbocycles. The number of nitrogens with zero attached hydrogens (tertiary/aromatic N) is 3. The van der Waals surface area contributed by atoms with Gasteiger partial charge in [-0.05, 0) is 27.7 Å².